The molecule has 0 aliphatic heterocycles. The van der Waals surface area contributed by atoms with Crippen molar-refractivity contribution in [3.8, 4) is 0 Å². The van der Waals surface area contributed by atoms with Crippen molar-refractivity contribution < 1.29 is 18.0 Å². The normalized spacial score (nSPS) is 20.3. The van der Waals surface area contributed by atoms with Crippen molar-refractivity contribution in [2.45, 2.75) is 29.7 Å². The molecule has 122 valence electrons. The molecule has 1 aliphatic rings. The Bertz CT molecular complexity index is 690. The number of rotatable bonds is 5. The molecule has 1 aliphatic carbocycles. The summed E-state index contributed by atoms with van der Waals surface area (Å²) in [5.41, 5.74) is -0.383. The van der Waals surface area contributed by atoms with Gasteiger partial charge in [0.1, 0.15) is 6.33 Å². The summed E-state index contributed by atoms with van der Waals surface area (Å²) in [6.45, 7) is 0. The van der Waals surface area contributed by atoms with Crippen molar-refractivity contribution in [1.82, 2.24) is 20.5 Å². The lowest BCUT2D eigenvalue weighted by Crippen LogP contribution is -2.28. The van der Waals surface area contributed by atoms with Crippen LogP contribution in [0.2, 0.25) is 0 Å². The van der Waals surface area contributed by atoms with Gasteiger partial charge in [0.2, 0.25) is 5.91 Å². The van der Waals surface area contributed by atoms with Crippen molar-refractivity contribution in [2.75, 3.05) is 5.75 Å². The number of amides is 1. The monoisotopic (exact) mass is 342 g/mol. The van der Waals surface area contributed by atoms with Crippen LogP contribution in [0.15, 0.2) is 35.7 Å². The summed E-state index contributed by atoms with van der Waals surface area (Å²) < 4.78 is 39.0. The fourth-order valence-electron chi connectivity index (χ4n) is 2.42. The van der Waals surface area contributed by atoms with E-state index in [2.05, 4.69) is 20.5 Å². The number of nitrogens with one attached hydrogen (secondary N) is 2. The quantitative estimate of drug-likeness (QED) is 0.820. The van der Waals surface area contributed by atoms with Crippen LogP contribution >= 0.6 is 11.8 Å². The number of hydrogen-bond acceptors (Lipinski definition) is 4. The van der Waals surface area contributed by atoms with E-state index in [4.69, 9.17) is 0 Å². The average molecular weight is 342 g/mol. The molecule has 2 unspecified atom stereocenters. The number of alkyl halides is 3. The Hall–Kier alpha value is -2.03. The van der Waals surface area contributed by atoms with E-state index in [9.17, 15) is 18.0 Å². The number of aromatic amines is 1. The molecule has 3 rings (SSSR count). The van der Waals surface area contributed by atoms with Crippen LogP contribution in [-0.4, -0.2) is 32.9 Å². The van der Waals surface area contributed by atoms with Gasteiger partial charge in [0.15, 0.2) is 5.16 Å². The van der Waals surface area contributed by atoms with Gasteiger partial charge in [-0.2, -0.15) is 18.3 Å². The van der Waals surface area contributed by atoms with Crippen LogP contribution in [0.25, 0.3) is 0 Å². The van der Waals surface area contributed by atoms with Gasteiger partial charge >= 0.3 is 6.18 Å². The van der Waals surface area contributed by atoms with Crippen LogP contribution in [0, 0.1) is 0 Å². The van der Waals surface area contributed by atoms with Gasteiger partial charge in [0.05, 0.1) is 11.3 Å². The number of carbonyl (C=O) groups is 1. The highest BCUT2D eigenvalue weighted by atomic mass is 32.2. The highest BCUT2D eigenvalue weighted by molar-refractivity contribution is 7.99. The average Bonchev–Trinajstić information content (AvgIpc) is 3.06. The molecule has 1 aromatic heterocycles. The molecular formula is C14H13F3N4OS. The second-order valence-corrected chi connectivity index (χ2v) is 6.14. The zero-order valence-corrected chi connectivity index (χ0v) is 12.6. The van der Waals surface area contributed by atoms with Crippen LogP contribution in [-0.2, 0) is 11.0 Å². The Morgan fingerprint density at radius 3 is 2.87 bits per heavy atom. The molecule has 23 heavy (non-hydrogen) atoms. The molecule has 0 saturated heterocycles. The van der Waals surface area contributed by atoms with E-state index in [0.29, 0.717) is 11.6 Å². The molecule has 0 bridgehead atoms. The Labute approximate surface area is 134 Å². The first-order valence-electron chi connectivity index (χ1n) is 6.89. The SMILES string of the molecule is O=C(CSc1ncn[nH]1)NC1CC1c1ccccc1C(F)(F)F. The summed E-state index contributed by atoms with van der Waals surface area (Å²) in [4.78, 5) is 15.7. The minimum atomic E-state index is -4.38. The second kappa shape index (κ2) is 6.23. The first-order chi connectivity index (χ1) is 10.9. The van der Waals surface area contributed by atoms with E-state index in [1.54, 1.807) is 6.07 Å². The molecule has 9 heteroatoms. The Morgan fingerprint density at radius 1 is 1.39 bits per heavy atom. The molecule has 5 nitrogen and oxygen atoms in total. The minimum absolute atomic E-state index is 0.138. The summed E-state index contributed by atoms with van der Waals surface area (Å²) >= 11 is 1.19. The number of halogens is 3. The van der Waals surface area contributed by atoms with Gasteiger partial charge in [-0.3, -0.25) is 9.89 Å². The maximum absolute atomic E-state index is 13.0. The van der Waals surface area contributed by atoms with Gasteiger partial charge in [-0.1, -0.05) is 30.0 Å². The van der Waals surface area contributed by atoms with Gasteiger partial charge in [-0.05, 0) is 18.1 Å². The molecule has 1 aromatic carbocycles. The van der Waals surface area contributed by atoms with Crippen molar-refractivity contribution in [2.24, 2.45) is 0 Å². The van der Waals surface area contributed by atoms with E-state index < -0.39 is 11.7 Å². The maximum atomic E-state index is 13.0. The summed E-state index contributed by atoms with van der Waals surface area (Å²) in [6, 6.07) is 5.26. The fraction of sp³-hybridized carbons (Fsp3) is 0.357. The lowest BCUT2D eigenvalue weighted by atomic mass is 10.0. The standard InChI is InChI=1S/C14H13F3N4OS/c15-14(16,17)10-4-2-1-3-8(10)9-5-11(9)20-12(22)6-23-13-18-7-19-21-13/h1-4,7,9,11H,5-6H2,(H,20,22)(H,18,19,21). The van der Waals surface area contributed by atoms with E-state index >= 15 is 0 Å². The van der Waals surface area contributed by atoms with Crippen molar-refractivity contribution in [3.63, 3.8) is 0 Å². The third-order valence-electron chi connectivity index (χ3n) is 3.54. The minimum Gasteiger partial charge on any atom is -0.352 e. The molecule has 0 spiro atoms. The number of thioether (sulfide) groups is 1. The van der Waals surface area contributed by atoms with Gasteiger partial charge in [0, 0.05) is 12.0 Å². The largest absolute Gasteiger partial charge is 0.416 e. The van der Waals surface area contributed by atoms with Gasteiger partial charge in [-0.15, -0.1) is 0 Å². The molecule has 1 heterocycles. The zero-order valence-electron chi connectivity index (χ0n) is 11.8. The van der Waals surface area contributed by atoms with Crippen LogP contribution < -0.4 is 5.32 Å². The van der Waals surface area contributed by atoms with Crippen molar-refractivity contribution in [3.05, 3.63) is 41.7 Å². The first-order valence-corrected chi connectivity index (χ1v) is 7.87. The van der Waals surface area contributed by atoms with Crippen LogP contribution in [0.1, 0.15) is 23.5 Å². The van der Waals surface area contributed by atoms with Gasteiger partial charge < -0.3 is 5.32 Å². The fourth-order valence-corrected chi connectivity index (χ4v) is 3.01. The Morgan fingerprint density at radius 2 is 2.17 bits per heavy atom. The van der Waals surface area contributed by atoms with Gasteiger partial charge in [-0.25, -0.2) is 4.98 Å². The molecule has 1 fully saturated rings. The highest BCUT2D eigenvalue weighted by Crippen LogP contribution is 2.46. The second-order valence-electron chi connectivity index (χ2n) is 5.18. The molecule has 1 saturated carbocycles. The Kier molecular flexibility index (Phi) is 4.29. The van der Waals surface area contributed by atoms with Gasteiger partial charge in [0.25, 0.3) is 0 Å². The van der Waals surface area contributed by atoms with Crippen molar-refractivity contribution in [1.29, 1.82) is 0 Å². The third-order valence-corrected chi connectivity index (χ3v) is 4.41. The molecular weight excluding hydrogens is 329 g/mol. The number of H-pyrrole nitrogens is 1. The van der Waals surface area contributed by atoms with Crippen LogP contribution in [0.3, 0.4) is 0 Å². The lowest BCUT2D eigenvalue weighted by Gasteiger charge is -2.12. The van der Waals surface area contributed by atoms with E-state index in [0.717, 1.165) is 6.07 Å². The smallest absolute Gasteiger partial charge is 0.352 e. The first kappa shape index (κ1) is 15.9. The molecule has 2 N–H and O–H groups in total. The highest BCUT2D eigenvalue weighted by Gasteiger charge is 2.44. The zero-order chi connectivity index (χ0) is 16.4. The summed E-state index contributed by atoms with van der Waals surface area (Å²) in [6.07, 6.45) is -2.52. The molecule has 1 amide bonds. The lowest BCUT2D eigenvalue weighted by molar-refractivity contribution is -0.138. The summed E-state index contributed by atoms with van der Waals surface area (Å²) in [5.74, 6) is -0.380. The summed E-state index contributed by atoms with van der Waals surface area (Å²) in [7, 11) is 0. The summed E-state index contributed by atoms with van der Waals surface area (Å²) in [5, 5.41) is 9.56. The molecule has 2 atom stereocenters. The third kappa shape index (κ3) is 3.84. The predicted molar refractivity (Wildman–Crippen MR) is 77.8 cm³/mol. The van der Waals surface area contributed by atoms with E-state index in [1.807, 2.05) is 0 Å². The van der Waals surface area contributed by atoms with E-state index in [1.165, 1.54) is 30.2 Å². The number of aromatic nitrogens is 3. The predicted octanol–water partition coefficient (Wildman–Crippen LogP) is 2.59. The van der Waals surface area contributed by atoms with Crippen LogP contribution in [0.4, 0.5) is 13.2 Å². The van der Waals surface area contributed by atoms with E-state index in [-0.39, 0.29) is 29.2 Å². The topological polar surface area (TPSA) is 70.7 Å². The Balaban J connectivity index is 1.57. The number of nitrogens with zero attached hydrogens (tertiary/aromatic N) is 2. The maximum Gasteiger partial charge on any atom is 0.416 e. The molecule has 0 radical (unpaired) electrons. The number of hydrogen-bond donors (Lipinski definition) is 2. The van der Waals surface area contributed by atoms with Crippen LogP contribution in [0.5, 0.6) is 0 Å². The molecule has 2 aromatic rings. The van der Waals surface area contributed by atoms with Crippen molar-refractivity contribution >= 4 is 17.7 Å². The number of benzene rings is 1. The number of carbonyl (C=O) groups excluding carboxylic acids is 1.